The Bertz CT molecular complexity index is 630. The number of carbonyl (C=O) groups is 1. The van der Waals surface area contributed by atoms with E-state index in [9.17, 15) is 14.3 Å². The highest BCUT2D eigenvalue weighted by atomic mass is 19.1. The van der Waals surface area contributed by atoms with Crippen LogP contribution in [0, 0.1) is 23.1 Å². The molecule has 0 aliphatic heterocycles. The molecule has 2 unspecified atom stereocenters. The normalized spacial score (nSPS) is 36.6. The average Bonchev–Trinajstić information content (AvgIpc) is 2.50. The fourth-order valence-corrected chi connectivity index (χ4v) is 5.45. The molecule has 1 N–H and O–H groups in total. The number of carbonyl (C=O) groups excluding carboxylic acids is 1. The summed E-state index contributed by atoms with van der Waals surface area (Å²) >= 11 is 0. The average molecular weight is 334 g/mol. The predicted octanol–water partition coefficient (Wildman–Crippen LogP) is 3.08. The maximum atomic E-state index is 13.5. The minimum absolute atomic E-state index is 0.0999. The van der Waals surface area contributed by atoms with Gasteiger partial charge in [0.15, 0.2) is 11.6 Å². The largest absolute Gasteiger partial charge is 0.487 e. The summed E-state index contributed by atoms with van der Waals surface area (Å²) in [5, 5.41) is 10.7. The zero-order chi connectivity index (χ0) is 16.8. The van der Waals surface area contributed by atoms with Crippen molar-refractivity contribution in [3.8, 4) is 5.75 Å². The van der Waals surface area contributed by atoms with Crippen LogP contribution >= 0.6 is 0 Å². The summed E-state index contributed by atoms with van der Waals surface area (Å²) in [4.78, 5) is 12.7. The summed E-state index contributed by atoms with van der Waals surface area (Å²) in [6.07, 6.45) is 4.98. The van der Waals surface area contributed by atoms with Gasteiger partial charge in [-0.2, -0.15) is 0 Å². The molecule has 5 heteroatoms. The third-order valence-corrected chi connectivity index (χ3v) is 5.87. The van der Waals surface area contributed by atoms with Crippen LogP contribution in [0.2, 0.25) is 0 Å². The first-order valence-corrected chi connectivity index (χ1v) is 8.75. The molecule has 4 bridgehead atoms. The van der Waals surface area contributed by atoms with Gasteiger partial charge in [0, 0.05) is 0 Å². The van der Waals surface area contributed by atoms with Gasteiger partial charge in [-0.15, -0.1) is 0 Å². The lowest BCUT2D eigenvalue weighted by Gasteiger charge is -2.58. The Kier molecular flexibility index (Phi) is 3.79. The van der Waals surface area contributed by atoms with Crippen LogP contribution in [0.3, 0.4) is 0 Å². The monoisotopic (exact) mass is 334 g/mol. The summed E-state index contributed by atoms with van der Waals surface area (Å²) in [6, 6.07) is 6.17. The molecule has 1 aromatic carbocycles. The van der Waals surface area contributed by atoms with E-state index in [4.69, 9.17) is 9.47 Å². The van der Waals surface area contributed by atoms with Crippen LogP contribution in [0.5, 0.6) is 5.75 Å². The van der Waals surface area contributed by atoms with Gasteiger partial charge >= 0.3 is 5.97 Å². The first kappa shape index (κ1) is 15.9. The highest BCUT2D eigenvalue weighted by molar-refractivity contribution is 5.77. The minimum atomic E-state index is -0.674. The van der Waals surface area contributed by atoms with Gasteiger partial charge in [-0.3, -0.25) is 4.79 Å². The maximum absolute atomic E-state index is 13.5. The zero-order valence-corrected chi connectivity index (χ0v) is 13.7. The highest BCUT2D eigenvalue weighted by Crippen LogP contribution is 2.61. The molecule has 4 aliphatic rings. The summed E-state index contributed by atoms with van der Waals surface area (Å²) in [7, 11) is 0. The Morgan fingerprint density at radius 1 is 1.17 bits per heavy atom. The van der Waals surface area contributed by atoms with Crippen LogP contribution in [0.15, 0.2) is 24.3 Å². The summed E-state index contributed by atoms with van der Waals surface area (Å²) in [5.74, 6) is 0.411. The molecule has 0 radical (unpaired) electrons. The fraction of sp³-hybridized carbons (Fsp3) is 0.632. The molecule has 24 heavy (non-hydrogen) atoms. The standard InChI is InChI=1S/C19H23FO4/c20-15-3-1-2-4-16(15)23-5-6-24-17(21)18-8-13-7-14(9-18)11-19(22,10-13)12-18/h1-4,13-14,22H,5-12H2/t13-,14+,18?,19?. The van der Waals surface area contributed by atoms with Crippen LogP contribution in [-0.4, -0.2) is 29.9 Å². The molecule has 4 saturated carbocycles. The molecule has 0 saturated heterocycles. The third kappa shape index (κ3) is 2.79. The maximum Gasteiger partial charge on any atom is 0.312 e. The van der Waals surface area contributed by atoms with E-state index in [2.05, 4.69) is 0 Å². The van der Waals surface area contributed by atoms with Crippen molar-refractivity contribution in [1.29, 1.82) is 0 Å². The minimum Gasteiger partial charge on any atom is -0.487 e. The molecule has 0 spiro atoms. The van der Waals surface area contributed by atoms with Gasteiger partial charge in [0.25, 0.3) is 0 Å². The lowest BCUT2D eigenvalue weighted by molar-refractivity contribution is -0.196. The van der Waals surface area contributed by atoms with E-state index < -0.39 is 16.8 Å². The number of hydrogen-bond acceptors (Lipinski definition) is 4. The van der Waals surface area contributed by atoms with Gasteiger partial charge in [-0.05, 0) is 62.5 Å². The highest BCUT2D eigenvalue weighted by Gasteiger charge is 2.60. The Labute approximate surface area is 141 Å². The van der Waals surface area contributed by atoms with E-state index >= 15 is 0 Å². The summed E-state index contributed by atoms with van der Waals surface area (Å²) < 4.78 is 24.2. The van der Waals surface area contributed by atoms with Crippen LogP contribution < -0.4 is 4.74 Å². The van der Waals surface area contributed by atoms with Gasteiger partial charge in [-0.25, -0.2) is 4.39 Å². The number of benzene rings is 1. The molecule has 130 valence electrons. The second-order valence-electron chi connectivity index (χ2n) is 7.88. The SMILES string of the molecule is O=C(OCCOc1ccccc1F)C12C[C@@H]3C[C@@H](CC(O)(C3)C1)C2. The Morgan fingerprint density at radius 3 is 2.54 bits per heavy atom. The van der Waals surface area contributed by atoms with E-state index in [0.29, 0.717) is 18.3 Å². The first-order chi connectivity index (χ1) is 11.5. The third-order valence-electron chi connectivity index (χ3n) is 5.87. The molecule has 1 aromatic rings. The fourth-order valence-electron chi connectivity index (χ4n) is 5.45. The van der Waals surface area contributed by atoms with Crippen molar-refractivity contribution >= 4 is 5.97 Å². The second-order valence-corrected chi connectivity index (χ2v) is 7.88. The molecule has 0 aromatic heterocycles. The van der Waals surface area contributed by atoms with Crippen LogP contribution in [-0.2, 0) is 9.53 Å². The van der Waals surface area contributed by atoms with Crippen molar-refractivity contribution in [1.82, 2.24) is 0 Å². The molecule has 4 nitrogen and oxygen atoms in total. The molecule has 0 heterocycles. The Hall–Kier alpha value is -1.62. The van der Waals surface area contributed by atoms with Crippen LogP contribution in [0.1, 0.15) is 38.5 Å². The zero-order valence-electron chi connectivity index (χ0n) is 13.7. The van der Waals surface area contributed by atoms with Crippen molar-refractivity contribution in [3.63, 3.8) is 0 Å². The quantitative estimate of drug-likeness (QED) is 0.664. The number of aliphatic hydroxyl groups is 1. The van der Waals surface area contributed by atoms with E-state index in [-0.39, 0.29) is 24.9 Å². The molecule has 4 aliphatic carbocycles. The molecular weight excluding hydrogens is 311 g/mol. The topological polar surface area (TPSA) is 55.8 Å². The lowest BCUT2D eigenvalue weighted by Crippen LogP contribution is -2.58. The molecule has 5 rings (SSSR count). The van der Waals surface area contributed by atoms with E-state index in [0.717, 1.165) is 32.1 Å². The summed E-state index contributed by atoms with van der Waals surface area (Å²) in [5.41, 5.74) is -1.19. The molecule has 4 fully saturated rings. The lowest BCUT2D eigenvalue weighted by atomic mass is 9.48. The van der Waals surface area contributed by atoms with Gasteiger partial charge < -0.3 is 14.6 Å². The van der Waals surface area contributed by atoms with Gasteiger partial charge in [-0.1, -0.05) is 12.1 Å². The van der Waals surface area contributed by atoms with E-state index in [1.165, 1.54) is 6.07 Å². The molecule has 4 atom stereocenters. The first-order valence-electron chi connectivity index (χ1n) is 8.75. The Balaban J connectivity index is 1.33. The number of ether oxygens (including phenoxy) is 2. The van der Waals surface area contributed by atoms with Crippen molar-refractivity contribution in [2.75, 3.05) is 13.2 Å². The van der Waals surface area contributed by atoms with Crippen molar-refractivity contribution < 1.29 is 23.8 Å². The van der Waals surface area contributed by atoms with Crippen LogP contribution in [0.25, 0.3) is 0 Å². The van der Waals surface area contributed by atoms with Gasteiger partial charge in [0.05, 0.1) is 11.0 Å². The second kappa shape index (κ2) is 5.73. The number of esters is 1. The van der Waals surface area contributed by atoms with Crippen molar-refractivity contribution in [3.05, 3.63) is 30.1 Å². The van der Waals surface area contributed by atoms with E-state index in [1.54, 1.807) is 18.2 Å². The van der Waals surface area contributed by atoms with Crippen LogP contribution in [0.4, 0.5) is 4.39 Å². The summed E-state index contributed by atoms with van der Waals surface area (Å²) in [6.45, 7) is 0.225. The van der Waals surface area contributed by atoms with Gasteiger partial charge in [0.1, 0.15) is 13.2 Å². The van der Waals surface area contributed by atoms with Gasteiger partial charge in [0.2, 0.25) is 0 Å². The van der Waals surface area contributed by atoms with Crippen molar-refractivity contribution in [2.24, 2.45) is 17.3 Å². The predicted molar refractivity (Wildman–Crippen MR) is 84.9 cm³/mol. The van der Waals surface area contributed by atoms with Crippen molar-refractivity contribution in [2.45, 2.75) is 44.1 Å². The number of hydrogen-bond donors (Lipinski definition) is 1. The molecule has 0 amide bonds. The number of rotatable bonds is 5. The number of para-hydroxylation sites is 1. The number of halogens is 1. The Morgan fingerprint density at radius 2 is 1.88 bits per heavy atom. The smallest absolute Gasteiger partial charge is 0.312 e. The van der Waals surface area contributed by atoms with E-state index in [1.807, 2.05) is 0 Å². The molecular formula is C19H23FO4.